The van der Waals surface area contributed by atoms with Crippen LogP contribution in [0.4, 0.5) is 0 Å². The van der Waals surface area contributed by atoms with E-state index < -0.39 is 9.05 Å². The second-order valence-electron chi connectivity index (χ2n) is 5.64. The molecule has 0 atom stereocenters. The molecule has 1 N–H and O–H groups in total. The number of nitrogens with zero attached hydrogens (tertiary/aromatic N) is 1. The molecule has 1 aromatic heterocycles. The molecule has 0 spiro atoms. The Hall–Kier alpha value is -1.05. The topological polar surface area (TPSA) is 77.4 Å². The highest BCUT2D eigenvalue weighted by atomic mass is 35.7. The van der Waals surface area contributed by atoms with Gasteiger partial charge in [0.2, 0.25) is 0 Å². The fraction of sp³-hybridized carbons (Fsp3) is 0.615. The summed E-state index contributed by atoms with van der Waals surface area (Å²) >= 11 is 0. The first-order chi connectivity index (χ1) is 9.88. The number of hydrogen-bond acceptors (Lipinski definition) is 4. The van der Waals surface area contributed by atoms with Crippen molar-refractivity contribution in [3.8, 4) is 0 Å². The van der Waals surface area contributed by atoms with Gasteiger partial charge in [0.25, 0.3) is 15.0 Å². The van der Waals surface area contributed by atoms with Gasteiger partial charge >= 0.3 is 0 Å². The van der Waals surface area contributed by atoms with Gasteiger partial charge in [0.05, 0.1) is 6.10 Å². The predicted molar refractivity (Wildman–Crippen MR) is 77.0 cm³/mol. The third kappa shape index (κ3) is 3.09. The molecule has 0 aliphatic heterocycles. The lowest BCUT2D eigenvalue weighted by Gasteiger charge is -2.34. The van der Waals surface area contributed by atoms with Crippen molar-refractivity contribution in [2.75, 3.05) is 7.11 Å². The van der Waals surface area contributed by atoms with Crippen molar-refractivity contribution in [1.29, 1.82) is 0 Å². The normalized spacial score (nSPS) is 25.4. The number of ether oxygens (including phenoxy) is 1. The molecule has 2 saturated carbocycles. The number of nitrogens with one attached hydrogen (secondary N) is 1. The van der Waals surface area contributed by atoms with E-state index in [2.05, 4.69) is 5.32 Å². The Morgan fingerprint density at radius 2 is 2.10 bits per heavy atom. The molecule has 1 aromatic rings. The number of rotatable bonds is 5. The Labute approximate surface area is 127 Å². The van der Waals surface area contributed by atoms with Crippen LogP contribution in [0, 0.1) is 0 Å². The van der Waals surface area contributed by atoms with Crippen LogP contribution >= 0.6 is 10.7 Å². The Kier molecular flexibility index (Phi) is 3.75. The van der Waals surface area contributed by atoms with Crippen LogP contribution in [0.2, 0.25) is 0 Å². The number of carbonyl (C=O) groups is 1. The van der Waals surface area contributed by atoms with Crippen LogP contribution in [-0.2, 0) is 13.8 Å². The molecule has 0 bridgehead atoms. The minimum Gasteiger partial charge on any atom is -0.381 e. The molecule has 0 unspecified atom stereocenters. The van der Waals surface area contributed by atoms with Crippen molar-refractivity contribution in [1.82, 2.24) is 9.88 Å². The molecule has 1 amide bonds. The fourth-order valence-corrected chi connectivity index (χ4v) is 3.30. The van der Waals surface area contributed by atoms with Crippen LogP contribution in [0.1, 0.15) is 42.2 Å². The lowest BCUT2D eigenvalue weighted by molar-refractivity contribution is 0.0175. The standard InChI is InChI=1S/C13H17ClN2O4S/c1-20-10-4-8(5-10)15-13(17)12-6-11(21(14,18)19)7-16(12)9-2-3-9/h6-10H,2-5H2,1H3,(H,15,17). The smallest absolute Gasteiger partial charge is 0.268 e. The van der Waals surface area contributed by atoms with Gasteiger partial charge in [-0.05, 0) is 31.7 Å². The number of amides is 1. The third-order valence-corrected chi connectivity index (χ3v) is 5.36. The molecule has 21 heavy (non-hydrogen) atoms. The summed E-state index contributed by atoms with van der Waals surface area (Å²) in [6, 6.07) is 1.63. The maximum atomic E-state index is 12.3. The third-order valence-electron chi connectivity index (χ3n) is 4.04. The van der Waals surface area contributed by atoms with Crippen LogP contribution in [-0.4, -0.2) is 38.1 Å². The highest BCUT2D eigenvalue weighted by Gasteiger charge is 2.33. The maximum Gasteiger partial charge on any atom is 0.268 e. The zero-order valence-electron chi connectivity index (χ0n) is 11.6. The highest BCUT2D eigenvalue weighted by molar-refractivity contribution is 8.13. The molecule has 2 aliphatic carbocycles. The maximum absolute atomic E-state index is 12.3. The summed E-state index contributed by atoms with van der Waals surface area (Å²) in [7, 11) is 3.19. The molecule has 0 radical (unpaired) electrons. The minimum absolute atomic E-state index is 0.0235. The molecule has 1 heterocycles. The molecule has 8 heteroatoms. The van der Waals surface area contributed by atoms with Gasteiger partial charge in [-0.15, -0.1) is 0 Å². The van der Waals surface area contributed by atoms with Crippen LogP contribution in [0.5, 0.6) is 0 Å². The first-order valence-corrected chi connectivity index (χ1v) is 9.19. The Morgan fingerprint density at radius 1 is 1.43 bits per heavy atom. The summed E-state index contributed by atoms with van der Waals surface area (Å²) in [5.74, 6) is -0.256. The van der Waals surface area contributed by atoms with Gasteiger partial charge in [0.1, 0.15) is 10.6 Å². The van der Waals surface area contributed by atoms with E-state index >= 15 is 0 Å². The highest BCUT2D eigenvalue weighted by Crippen LogP contribution is 2.37. The first kappa shape index (κ1) is 14.9. The van der Waals surface area contributed by atoms with Gasteiger partial charge in [-0.1, -0.05) is 0 Å². The number of halogens is 1. The summed E-state index contributed by atoms with van der Waals surface area (Å²) in [4.78, 5) is 12.3. The van der Waals surface area contributed by atoms with Gasteiger partial charge < -0.3 is 14.6 Å². The van der Waals surface area contributed by atoms with Gasteiger partial charge in [-0.25, -0.2) is 8.42 Å². The molecular formula is C13H17ClN2O4S. The van der Waals surface area contributed by atoms with Crippen molar-refractivity contribution in [2.24, 2.45) is 0 Å². The van der Waals surface area contributed by atoms with E-state index in [0.717, 1.165) is 25.7 Å². The zero-order chi connectivity index (χ0) is 15.2. The van der Waals surface area contributed by atoms with Crippen molar-refractivity contribution < 1.29 is 17.9 Å². The molecule has 116 valence electrons. The quantitative estimate of drug-likeness (QED) is 0.832. The molecule has 2 aliphatic rings. The summed E-state index contributed by atoms with van der Waals surface area (Å²) in [6.45, 7) is 0. The van der Waals surface area contributed by atoms with Crippen LogP contribution in [0.15, 0.2) is 17.2 Å². The predicted octanol–water partition coefficient (Wildman–Crippen LogP) is 1.66. The van der Waals surface area contributed by atoms with E-state index in [-0.39, 0.29) is 29.0 Å². The lowest BCUT2D eigenvalue weighted by atomic mass is 9.89. The largest absolute Gasteiger partial charge is 0.381 e. The number of methoxy groups -OCH3 is 1. The Bertz CT molecular complexity index is 660. The van der Waals surface area contributed by atoms with Crippen LogP contribution in [0.3, 0.4) is 0 Å². The van der Waals surface area contributed by atoms with Gasteiger partial charge in [0.15, 0.2) is 0 Å². The van der Waals surface area contributed by atoms with E-state index in [9.17, 15) is 13.2 Å². The summed E-state index contributed by atoms with van der Waals surface area (Å²) < 4.78 is 29.8. The monoisotopic (exact) mass is 332 g/mol. The average molecular weight is 333 g/mol. The van der Waals surface area contributed by atoms with Gasteiger partial charge in [-0.2, -0.15) is 0 Å². The van der Waals surface area contributed by atoms with E-state index in [0.29, 0.717) is 5.69 Å². The number of carbonyl (C=O) groups excluding carboxylic acids is 1. The molecule has 2 fully saturated rings. The van der Waals surface area contributed by atoms with Gasteiger partial charge in [-0.3, -0.25) is 4.79 Å². The van der Waals surface area contributed by atoms with Crippen molar-refractivity contribution in [2.45, 2.75) is 48.8 Å². The summed E-state index contributed by atoms with van der Waals surface area (Å²) in [5, 5.41) is 2.91. The second-order valence-corrected chi connectivity index (χ2v) is 8.20. The Balaban J connectivity index is 1.77. The number of aromatic nitrogens is 1. The van der Waals surface area contributed by atoms with Crippen molar-refractivity contribution >= 4 is 25.6 Å². The van der Waals surface area contributed by atoms with E-state index in [1.807, 2.05) is 0 Å². The number of hydrogen-bond donors (Lipinski definition) is 1. The minimum atomic E-state index is -3.83. The van der Waals surface area contributed by atoms with Gasteiger partial charge in [0, 0.05) is 36.1 Å². The molecule has 0 aromatic carbocycles. The Morgan fingerprint density at radius 3 is 2.62 bits per heavy atom. The van der Waals surface area contributed by atoms with E-state index in [4.69, 9.17) is 15.4 Å². The molecule has 6 nitrogen and oxygen atoms in total. The zero-order valence-corrected chi connectivity index (χ0v) is 13.2. The summed E-state index contributed by atoms with van der Waals surface area (Å²) in [5.41, 5.74) is 0.359. The first-order valence-electron chi connectivity index (χ1n) is 6.88. The lowest BCUT2D eigenvalue weighted by Crippen LogP contribution is -2.47. The molecule has 3 rings (SSSR count). The van der Waals surface area contributed by atoms with Crippen LogP contribution in [0.25, 0.3) is 0 Å². The van der Waals surface area contributed by atoms with Crippen LogP contribution < -0.4 is 5.32 Å². The molecule has 0 saturated heterocycles. The van der Waals surface area contributed by atoms with Crippen molar-refractivity contribution in [3.05, 3.63) is 18.0 Å². The van der Waals surface area contributed by atoms with E-state index in [1.165, 1.54) is 12.3 Å². The molecular weight excluding hydrogens is 316 g/mol. The second kappa shape index (κ2) is 5.30. The fourth-order valence-electron chi connectivity index (χ4n) is 2.56. The van der Waals surface area contributed by atoms with Crippen molar-refractivity contribution in [3.63, 3.8) is 0 Å². The SMILES string of the molecule is COC1CC(NC(=O)c2cc(S(=O)(=O)Cl)cn2C2CC2)C1. The summed E-state index contributed by atoms with van der Waals surface area (Å²) in [6.07, 6.45) is 5.12. The average Bonchev–Trinajstić information content (AvgIpc) is 3.10. The van der Waals surface area contributed by atoms with E-state index in [1.54, 1.807) is 11.7 Å².